The maximum Gasteiger partial charge on any atom is 0.341 e. The average Bonchev–Trinajstić information content (AvgIpc) is 3.05. The predicted octanol–water partition coefficient (Wildman–Crippen LogP) is 2.53. The Hall–Kier alpha value is -2.22. The van der Waals surface area contributed by atoms with Gasteiger partial charge in [-0.15, -0.1) is 11.3 Å². The predicted molar refractivity (Wildman–Crippen MR) is 115 cm³/mol. The van der Waals surface area contributed by atoms with Crippen LogP contribution in [0.25, 0.3) is 11.1 Å². The second kappa shape index (κ2) is 9.52. The van der Waals surface area contributed by atoms with Crippen LogP contribution >= 0.6 is 11.3 Å². The third-order valence-electron chi connectivity index (χ3n) is 4.91. The molecule has 2 heterocycles. The molecule has 1 aliphatic rings. The molecule has 2 aromatic rings. The summed E-state index contributed by atoms with van der Waals surface area (Å²) in [6.45, 7) is 10.1. The standard InChI is InChI=1S/C22H28N2O4S/c1-5-27-22(26)20-18(17-8-6-14(2)7-9-17)13-29-21(20)23-19(25)12-24-10-15(3)28-16(4)11-24/h6-9,13,15-16H,5,10-12H2,1-4H3,(H,23,25)/p+1. The average molecular weight is 418 g/mol. The quantitative estimate of drug-likeness (QED) is 0.709. The Morgan fingerprint density at radius 2 is 1.86 bits per heavy atom. The van der Waals surface area contributed by atoms with E-state index < -0.39 is 5.97 Å². The lowest BCUT2D eigenvalue weighted by atomic mass is 10.0. The van der Waals surface area contributed by atoms with Crippen LogP contribution in [0.3, 0.4) is 0 Å². The molecule has 6 nitrogen and oxygen atoms in total. The van der Waals surface area contributed by atoms with Gasteiger partial charge in [-0.2, -0.15) is 0 Å². The molecular formula is C22H29N2O4S+. The Bertz CT molecular complexity index is 852. The highest BCUT2D eigenvalue weighted by atomic mass is 32.1. The van der Waals surface area contributed by atoms with E-state index >= 15 is 0 Å². The maximum absolute atomic E-state index is 12.7. The lowest BCUT2D eigenvalue weighted by Crippen LogP contribution is -3.16. The van der Waals surface area contributed by atoms with Gasteiger partial charge in [-0.05, 0) is 33.3 Å². The molecule has 1 amide bonds. The first kappa shape index (κ1) is 21.5. The van der Waals surface area contributed by atoms with Gasteiger partial charge in [0.2, 0.25) is 0 Å². The summed E-state index contributed by atoms with van der Waals surface area (Å²) in [7, 11) is 0. The fourth-order valence-electron chi connectivity index (χ4n) is 3.73. The van der Waals surface area contributed by atoms with E-state index in [9.17, 15) is 9.59 Å². The molecule has 1 aromatic carbocycles. The van der Waals surface area contributed by atoms with Crippen LogP contribution in [0.5, 0.6) is 0 Å². The van der Waals surface area contributed by atoms with E-state index in [-0.39, 0.29) is 24.7 Å². The van der Waals surface area contributed by atoms with Crippen molar-refractivity contribution in [1.82, 2.24) is 0 Å². The molecule has 2 atom stereocenters. The Balaban J connectivity index is 1.80. The topological polar surface area (TPSA) is 69.1 Å². The molecule has 7 heteroatoms. The third kappa shape index (κ3) is 5.44. The number of thiophene rings is 1. The first-order chi connectivity index (χ1) is 13.9. The van der Waals surface area contributed by atoms with Crippen LogP contribution in [-0.2, 0) is 14.3 Å². The van der Waals surface area contributed by atoms with Crippen LogP contribution in [0.1, 0.15) is 36.7 Å². The van der Waals surface area contributed by atoms with Crippen molar-refractivity contribution in [2.45, 2.75) is 39.9 Å². The highest BCUT2D eigenvalue weighted by Gasteiger charge is 2.28. The van der Waals surface area contributed by atoms with Gasteiger partial charge in [-0.3, -0.25) is 4.79 Å². The van der Waals surface area contributed by atoms with E-state index in [2.05, 4.69) is 5.32 Å². The van der Waals surface area contributed by atoms with E-state index in [4.69, 9.17) is 9.47 Å². The Kier molecular flexibility index (Phi) is 7.05. The van der Waals surface area contributed by atoms with Crippen LogP contribution < -0.4 is 10.2 Å². The molecular weight excluding hydrogens is 388 g/mol. The minimum atomic E-state index is -0.416. The molecule has 29 heavy (non-hydrogen) atoms. The van der Waals surface area contributed by atoms with Crippen molar-refractivity contribution in [3.63, 3.8) is 0 Å². The number of hydrogen-bond donors (Lipinski definition) is 2. The zero-order valence-corrected chi connectivity index (χ0v) is 18.2. The fourth-order valence-corrected chi connectivity index (χ4v) is 4.71. The maximum atomic E-state index is 12.7. The first-order valence-electron chi connectivity index (χ1n) is 10.0. The van der Waals surface area contributed by atoms with Gasteiger partial charge < -0.3 is 19.7 Å². The molecule has 0 radical (unpaired) electrons. The van der Waals surface area contributed by atoms with Crippen molar-refractivity contribution in [3.8, 4) is 11.1 Å². The van der Waals surface area contributed by atoms with Gasteiger partial charge >= 0.3 is 5.97 Å². The Morgan fingerprint density at radius 3 is 2.48 bits per heavy atom. The van der Waals surface area contributed by atoms with Crippen molar-refractivity contribution >= 4 is 28.2 Å². The van der Waals surface area contributed by atoms with Gasteiger partial charge in [0.15, 0.2) is 6.54 Å². The van der Waals surface area contributed by atoms with E-state index in [0.717, 1.165) is 29.8 Å². The zero-order valence-electron chi connectivity index (χ0n) is 17.4. The fraction of sp³-hybridized carbons (Fsp3) is 0.455. The number of carbonyl (C=O) groups excluding carboxylic acids is 2. The summed E-state index contributed by atoms with van der Waals surface area (Å²) < 4.78 is 11.0. The van der Waals surface area contributed by atoms with Crippen molar-refractivity contribution < 1.29 is 24.0 Å². The molecule has 0 saturated carbocycles. The molecule has 0 bridgehead atoms. The van der Waals surface area contributed by atoms with Gasteiger partial charge in [-0.1, -0.05) is 29.8 Å². The highest BCUT2D eigenvalue weighted by Crippen LogP contribution is 2.36. The molecule has 2 unspecified atom stereocenters. The minimum Gasteiger partial charge on any atom is -0.462 e. The van der Waals surface area contributed by atoms with Crippen LogP contribution in [0.15, 0.2) is 29.6 Å². The van der Waals surface area contributed by atoms with E-state index in [1.807, 2.05) is 50.4 Å². The van der Waals surface area contributed by atoms with Gasteiger partial charge in [-0.25, -0.2) is 4.79 Å². The first-order valence-corrected chi connectivity index (χ1v) is 10.9. The van der Waals surface area contributed by atoms with Gasteiger partial charge in [0.05, 0.1) is 6.61 Å². The van der Waals surface area contributed by atoms with Crippen LogP contribution in [0.2, 0.25) is 0 Å². The summed E-state index contributed by atoms with van der Waals surface area (Å²) in [6.07, 6.45) is 0.262. The van der Waals surface area contributed by atoms with Crippen molar-refractivity contribution in [3.05, 3.63) is 40.8 Å². The summed E-state index contributed by atoms with van der Waals surface area (Å²) in [6, 6.07) is 7.97. The summed E-state index contributed by atoms with van der Waals surface area (Å²) in [5, 5.41) is 5.39. The molecule has 1 aliphatic heterocycles. The number of quaternary nitrogens is 1. The van der Waals surface area contributed by atoms with Gasteiger partial charge in [0.25, 0.3) is 5.91 Å². The number of esters is 1. The lowest BCUT2D eigenvalue weighted by Gasteiger charge is -2.31. The molecule has 1 saturated heterocycles. The number of carbonyl (C=O) groups is 2. The minimum absolute atomic E-state index is 0.107. The Morgan fingerprint density at radius 1 is 1.21 bits per heavy atom. The SMILES string of the molecule is CCOC(=O)c1c(-c2ccc(C)cc2)csc1NC(=O)C[NH+]1CC(C)OC(C)C1. The summed E-state index contributed by atoms with van der Waals surface area (Å²) in [5.74, 6) is -0.523. The van der Waals surface area contributed by atoms with Gasteiger partial charge in [0.1, 0.15) is 35.9 Å². The number of rotatable bonds is 6. The number of ether oxygens (including phenoxy) is 2. The number of morpholine rings is 1. The number of nitrogens with one attached hydrogen (secondary N) is 2. The van der Waals surface area contributed by atoms with E-state index in [1.165, 1.54) is 16.2 Å². The van der Waals surface area contributed by atoms with Crippen molar-refractivity contribution in [2.75, 3.05) is 31.6 Å². The second-order valence-corrected chi connectivity index (χ2v) is 8.46. The van der Waals surface area contributed by atoms with Gasteiger partial charge in [0, 0.05) is 10.9 Å². The highest BCUT2D eigenvalue weighted by molar-refractivity contribution is 7.15. The number of hydrogen-bond acceptors (Lipinski definition) is 5. The van der Waals surface area contributed by atoms with Crippen LogP contribution in [0, 0.1) is 6.92 Å². The zero-order chi connectivity index (χ0) is 21.0. The second-order valence-electron chi connectivity index (χ2n) is 7.58. The molecule has 1 aromatic heterocycles. The summed E-state index contributed by atoms with van der Waals surface area (Å²) in [4.78, 5) is 26.5. The van der Waals surface area contributed by atoms with Crippen LogP contribution in [0.4, 0.5) is 5.00 Å². The van der Waals surface area contributed by atoms with E-state index in [0.29, 0.717) is 17.1 Å². The molecule has 156 valence electrons. The lowest BCUT2D eigenvalue weighted by molar-refractivity contribution is -0.907. The van der Waals surface area contributed by atoms with Crippen LogP contribution in [-0.4, -0.2) is 50.3 Å². The molecule has 1 fully saturated rings. The normalized spacial score (nSPS) is 21.6. The smallest absolute Gasteiger partial charge is 0.341 e. The summed E-state index contributed by atoms with van der Waals surface area (Å²) >= 11 is 1.35. The molecule has 0 spiro atoms. The molecule has 0 aliphatic carbocycles. The largest absolute Gasteiger partial charge is 0.462 e. The third-order valence-corrected chi connectivity index (χ3v) is 5.81. The number of amides is 1. The molecule has 3 rings (SSSR count). The monoisotopic (exact) mass is 417 g/mol. The van der Waals surface area contributed by atoms with Crippen molar-refractivity contribution in [1.29, 1.82) is 0 Å². The summed E-state index contributed by atoms with van der Waals surface area (Å²) in [5.41, 5.74) is 3.28. The number of anilines is 1. The van der Waals surface area contributed by atoms with Crippen molar-refractivity contribution in [2.24, 2.45) is 0 Å². The molecule has 2 N–H and O–H groups in total. The number of aryl methyl sites for hydroxylation is 1. The number of benzene rings is 1. The Labute approximate surface area is 175 Å². The van der Waals surface area contributed by atoms with E-state index in [1.54, 1.807) is 6.92 Å².